The van der Waals surface area contributed by atoms with Crippen LogP contribution in [0.15, 0.2) is 24.3 Å². The van der Waals surface area contributed by atoms with Gasteiger partial charge in [0.05, 0.1) is 0 Å². The van der Waals surface area contributed by atoms with Gasteiger partial charge < -0.3 is 10.2 Å². The molecule has 214 valence electrons. The first-order valence-electron chi connectivity index (χ1n) is 15.3. The molecule has 4 nitrogen and oxygen atoms in total. The standard InChI is InChI=1S/2C16H30O2.Zn/c2*1-2-3-4-5-6-7-8-9-10-11-12-13-14-15-16(17)18;/h2*8-9H,2-7,10-15H2,1H3,(H,17,18);. The van der Waals surface area contributed by atoms with E-state index in [4.69, 9.17) is 10.2 Å². The van der Waals surface area contributed by atoms with E-state index in [1.165, 1.54) is 89.9 Å². The zero-order valence-corrected chi connectivity index (χ0v) is 27.7. The van der Waals surface area contributed by atoms with Crippen LogP contribution in [0, 0.1) is 0 Å². The Kier molecular flexibility index (Phi) is 40.8. The predicted octanol–water partition coefficient (Wildman–Crippen LogP) is 10.7. The van der Waals surface area contributed by atoms with E-state index >= 15 is 0 Å². The van der Waals surface area contributed by atoms with Crippen LogP contribution in [-0.2, 0) is 29.1 Å². The van der Waals surface area contributed by atoms with Crippen LogP contribution in [0.2, 0.25) is 0 Å². The minimum absolute atomic E-state index is 0. The van der Waals surface area contributed by atoms with Gasteiger partial charge in [0.2, 0.25) is 0 Å². The van der Waals surface area contributed by atoms with Crippen molar-refractivity contribution in [1.82, 2.24) is 0 Å². The van der Waals surface area contributed by atoms with Crippen molar-refractivity contribution in [2.24, 2.45) is 0 Å². The van der Waals surface area contributed by atoms with Crippen molar-refractivity contribution in [2.75, 3.05) is 0 Å². The fourth-order valence-corrected chi connectivity index (χ4v) is 3.99. The smallest absolute Gasteiger partial charge is 0.303 e. The van der Waals surface area contributed by atoms with Crippen molar-refractivity contribution in [3.63, 3.8) is 0 Å². The van der Waals surface area contributed by atoms with Crippen molar-refractivity contribution in [1.29, 1.82) is 0 Å². The quantitative estimate of drug-likeness (QED) is 0.0613. The molecule has 0 fully saturated rings. The van der Waals surface area contributed by atoms with Gasteiger partial charge in [0, 0.05) is 32.3 Å². The molecule has 37 heavy (non-hydrogen) atoms. The molecular weight excluding hydrogens is 514 g/mol. The first kappa shape index (κ1) is 40.5. The molecule has 0 aliphatic rings. The minimum Gasteiger partial charge on any atom is -0.481 e. The largest absolute Gasteiger partial charge is 0.481 e. The normalized spacial score (nSPS) is 10.9. The van der Waals surface area contributed by atoms with Crippen LogP contribution in [0.4, 0.5) is 0 Å². The molecule has 0 heterocycles. The Bertz CT molecular complexity index is 471. The molecule has 0 rings (SSSR count). The van der Waals surface area contributed by atoms with Crippen LogP contribution >= 0.6 is 0 Å². The first-order chi connectivity index (χ1) is 17.5. The Hall–Kier alpha value is -0.957. The van der Waals surface area contributed by atoms with Gasteiger partial charge in [-0.15, -0.1) is 0 Å². The zero-order chi connectivity index (χ0) is 27.0. The average molecular weight is 574 g/mol. The third kappa shape index (κ3) is 45.4. The van der Waals surface area contributed by atoms with Crippen LogP contribution in [0.5, 0.6) is 0 Å². The van der Waals surface area contributed by atoms with Gasteiger partial charge in [-0.1, -0.05) is 115 Å². The Morgan fingerprint density at radius 3 is 0.919 bits per heavy atom. The fraction of sp³-hybridized carbons (Fsp3) is 0.812. The summed E-state index contributed by atoms with van der Waals surface area (Å²) in [5, 5.41) is 17.0. The molecule has 0 spiro atoms. The average Bonchev–Trinajstić information content (AvgIpc) is 2.85. The molecule has 0 atom stereocenters. The molecule has 0 radical (unpaired) electrons. The molecule has 0 saturated carbocycles. The number of carboxylic acid groups (broad SMARTS) is 2. The number of aliphatic carboxylic acids is 2. The summed E-state index contributed by atoms with van der Waals surface area (Å²) < 4.78 is 0. The molecular formula is C32H60O4Zn. The van der Waals surface area contributed by atoms with Crippen molar-refractivity contribution in [3.05, 3.63) is 24.3 Å². The van der Waals surface area contributed by atoms with Gasteiger partial charge in [-0.05, 0) is 64.2 Å². The van der Waals surface area contributed by atoms with Crippen LogP contribution in [0.1, 0.15) is 168 Å². The molecule has 5 heteroatoms. The van der Waals surface area contributed by atoms with Gasteiger partial charge in [-0.3, -0.25) is 9.59 Å². The maximum absolute atomic E-state index is 10.3. The Morgan fingerprint density at radius 1 is 0.432 bits per heavy atom. The summed E-state index contributed by atoms with van der Waals surface area (Å²) in [7, 11) is 0. The Morgan fingerprint density at radius 2 is 0.676 bits per heavy atom. The van der Waals surface area contributed by atoms with E-state index in [1.54, 1.807) is 0 Å². The SMILES string of the molecule is CCCCCCCC=CCCCCCCC(=O)O.CCCCCCCC=CCCCCCCC(=O)O.[Zn]. The van der Waals surface area contributed by atoms with Gasteiger partial charge >= 0.3 is 11.9 Å². The van der Waals surface area contributed by atoms with Crippen molar-refractivity contribution in [2.45, 2.75) is 168 Å². The Labute approximate surface area is 242 Å². The summed E-state index contributed by atoms with van der Waals surface area (Å²) in [4.78, 5) is 20.6. The van der Waals surface area contributed by atoms with E-state index in [-0.39, 0.29) is 19.5 Å². The summed E-state index contributed by atoms with van der Waals surface area (Å²) in [5.41, 5.74) is 0. The van der Waals surface area contributed by atoms with Crippen LogP contribution in [-0.4, -0.2) is 22.2 Å². The van der Waals surface area contributed by atoms with Crippen LogP contribution < -0.4 is 0 Å². The zero-order valence-electron chi connectivity index (χ0n) is 24.7. The molecule has 0 aliphatic heterocycles. The van der Waals surface area contributed by atoms with E-state index in [0.717, 1.165) is 51.4 Å². The number of rotatable bonds is 26. The summed E-state index contributed by atoms with van der Waals surface area (Å²) in [6, 6.07) is 0. The molecule has 0 unspecified atom stereocenters. The van der Waals surface area contributed by atoms with E-state index in [0.29, 0.717) is 12.8 Å². The molecule has 0 aliphatic carbocycles. The molecule has 2 N–H and O–H groups in total. The van der Waals surface area contributed by atoms with Gasteiger partial charge in [0.15, 0.2) is 0 Å². The van der Waals surface area contributed by atoms with E-state index in [9.17, 15) is 9.59 Å². The summed E-state index contributed by atoms with van der Waals surface area (Å²) in [5.74, 6) is -1.34. The summed E-state index contributed by atoms with van der Waals surface area (Å²) in [6.45, 7) is 4.49. The van der Waals surface area contributed by atoms with Crippen molar-refractivity contribution >= 4 is 11.9 Å². The molecule has 0 bridgehead atoms. The molecule has 0 saturated heterocycles. The Balaban J connectivity index is -0.000000608. The fourth-order valence-electron chi connectivity index (χ4n) is 3.99. The van der Waals surface area contributed by atoms with E-state index in [1.807, 2.05) is 0 Å². The number of hydrogen-bond acceptors (Lipinski definition) is 2. The molecule has 0 amide bonds. The van der Waals surface area contributed by atoms with Gasteiger partial charge in [-0.2, -0.15) is 0 Å². The van der Waals surface area contributed by atoms with Crippen molar-refractivity contribution < 1.29 is 39.3 Å². The topological polar surface area (TPSA) is 74.6 Å². The number of carbonyl (C=O) groups is 2. The maximum atomic E-state index is 10.3. The predicted molar refractivity (Wildman–Crippen MR) is 156 cm³/mol. The number of carboxylic acids is 2. The monoisotopic (exact) mass is 572 g/mol. The molecule has 0 aromatic rings. The second kappa shape index (κ2) is 37.2. The third-order valence-corrected chi connectivity index (χ3v) is 6.30. The number of allylic oxidation sites excluding steroid dienone is 4. The molecule has 0 aromatic heterocycles. The summed E-state index contributed by atoms with van der Waals surface area (Å²) in [6.07, 6.45) is 36.6. The second-order valence-electron chi connectivity index (χ2n) is 10.0. The summed E-state index contributed by atoms with van der Waals surface area (Å²) >= 11 is 0. The minimum atomic E-state index is -0.669. The van der Waals surface area contributed by atoms with Crippen LogP contribution in [0.25, 0.3) is 0 Å². The van der Waals surface area contributed by atoms with Crippen molar-refractivity contribution in [3.8, 4) is 0 Å². The number of unbranched alkanes of at least 4 members (excludes halogenated alkanes) is 18. The third-order valence-electron chi connectivity index (χ3n) is 6.30. The van der Waals surface area contributed by atoms with Gasteiger partial charge in [0.25, 0.3) is 0 Å². The van der Waals surface area contributed by atoms with Crippen LogP contribution in [0.3, 0.4) is 0 Å². The maximum Gasteiger partial charge on any atom is 0.303 e. The number of hydrogen-bond donors (Lipinski definition) is 2. The second-order valence-corrected chi connectivity index (χ2v) is 10.0. The van der Waals surface area contributed by atoms with Gasteiger partial charge in [-0.25, -0.2) is 0 Å². The van der Waals surface area contributed by atoms with Gasteiger partial charge in [0.1, 0.15) is 0 Å². The van der Waals surface area contributed by atoms with E-state index < -0.39 is 11.9 Å². The van der Waals surface area contributed by atoms with E-state index in [2.05, 4.69) is 38.2 Å². The molecule has 0 aromatic carbocycles. The first-order valence-corrected chi connectivity index (χ1v) is 15.3.